The lowest BCUT2D eigenvalue weighted by molar-refractivity contribution is 0.0940. The number of carbonyl (C=O) groups excluding carboxylic acids is 1. The van der Waals surface area contributed by atoms with Gasteiger partial charge in [-0.25, -0.2) is 15.0 Å². The summed E-state index contributed by atoms with van der Waals surface area (Å²) in [5, 5.41) is 2.94. The van der Waals surface area contributed by atoms with Gasteiger partial charge < -0.3 is 19.4 Å². The Morgan fingerprint density at radius 1 is 1.50 bits per heavy atom. The highest BCUT2D eigenvalue weighted by molar-refractivity contribution is 5.93. The van der Waals surface area contributed by atoms with Gasteiger partial charge in [-0.3, -0.25) is 4.79 Å². The summed E-state index contributed by atoms with van der Waals surface area (Å²) in [4.78, 5) is 26.8. The number of nitrogens with zero attached hydrogens (tertiary/aromatic N) is 4. The normalized spacial score (nSPS) is 20.4. The molecule has 1 saturated heterocycles. The number of aryl methyl sites for hydroxylation is 2. The summed E-state index contributed by atoms with van der Waals surface area (Å²) in [5.41, 5.74) is 0.336. The van der Waals surface area contributed by atoms with Crippen LogP contribution in [-0.2, 0) is 4.74 Å². The van der Waals surface area contributed by atoms with E-state index in [0.29, 0.717) is 23.9 Å². The van der Waals surface area contributed by atoms with Crippen molar-refractivity contribution in [2.45, 2.75) is 32.4 Å². The summed E-state index contributed by atoms with van der Waals surface area (Å²) in [5.74, 6) is 1.62. The molecule has 2 atom stereocenters. The zero-order chi connectivity index (χ0) is 17.1. The minimum absolute atomic E-state index is 0.0992. The lowest BCUT2D eigenvalue weighted by Crippen LogP contribution is -2.40. The molecule has 24 heavy (non-hydrogen) atoms. The van der Waals surface area contributed by atoms with Gasteiger partial charge in [0.1, 0.15) is 17.9 Å². The van der Waals surface area contributed by atoms with Crippen LogP contribution < -0.4 is 10.2 Å². The largest absolute Gasteiger partial charge is 0.445 e. The van der Waals surface area contributed by atoms with Crippen LogP contribution in [0.3, 0.4) is 0 Å². The van der Waals surface area contributed by atoms with Crippen LogP contribution >= 0.6 is 0 Å². The van der Waals surface area contributed by atoms with Crippen LogP contribution in [0, 0.1) is 13.8 Å². The maximum Gasteiger partial charge on any atom is 0.273 e. The number of ether oxygens (including phenoxy) is 1. The highest BCUT2D eigenvalue weighted by Crippen LogP contribution is 2.24. The molecule has 1 fully saturated rings. The second kappa shape index (κ2) is 6.96. The Hall–Kier alpha value is -2.48. The van der Waals surface area contributed by atoms with E-state index >= 15 is 0 Å². The second-order valence-corrected chi connectivity index (χ2v) is 5.81. The zero-order valence-corrected chi connectivity index (χ0v) is 14.0. The smallest absolute Gasteiger partial charge is 0.273 e. The van der Waals surface area contributed by atoms with Crippen LogP contribution in [0.1, 0.15) is 28.6 Å². The van der Waals surface area contributed by atoms with E-state index < -0.39 is 0 Å². The third kappa shape index (κ3) is 3.38. The van der Waals surface area contributed by atoms with E-state index in [1.54, 1.807) is 27.2 Å². The maximum atomic E-state index is 12.3. The predicted molar refractivity (Wildman–Crippen MR) is 86.9 cm³/mol. The molecule has 1 N–H and O–H groups in total. The summed E-state index contributed by atoms with van der Waals surface area (Å²) < 4.78 is 10.8. The van der Waals surface area contributed by atoms with Crippen molar-refractivity contribution in [1.82, 2.24) is 20.3 Å². The fourth-order valence-corrected chi connectivity index (χ4v) is 3.01. The van der Waals surface area contributed by atoms with Gasteiger partial charge in [-0.2, -0.15) is 0 Å². The molecular weight excluding hydrogens is 310 g/mol. The molecule has 2 aromatic heterocycles. The number of oxazole rings is 1. The van der Waals surface area contributed by atoms with Crippen LogP contribution in [0.2, 0.25) is 0 Å². The van der Waals surface area contributed by atoms with Gasteiger partial charge in [0, 0.05) is 33.3 Å². The van der Waals surface area contributed by atoms with E-state index in [-0.39, 0.29) is 18.1 Å². The van der Waals surface area contributed by atoms with Gasteiger partial charge in [0.05, 0.1) is 12.1 Å². The summed E-state index contributed by atoms with van der Waals surface area (Å²) in [6.07, 6.45) is 4.15. The summed E-state index contributed by atoms with van der Waals surface area (Å²) in [6, 6.07) is 1.96. The van der Waals surface area contributed by atoms with E-state index in [2.05, 4.69) is 25.2 Å². The Morgan fingerprint density at radius 2 is 2.33 bits per heavy atom. The van der Waals surface area contributed by atoms with Crippen molar-refractivity contribution < 1.29 is 13.9 Å². The maximum absolute atomic E-state index is 12.3. The number of methoxy groups -OCH3 is 1. The number of anilines is 1. The first kappa shape index (κ1) is 16.4. The Labute approximate surface area is 140 Å². The first-order chi connectivity index (χ1) is 11.6. The molecule has 0 aromatic carbocycles. The molecule has 3 heterocycles. The molecule has 0 unspecified atom stereocenters. The zero-order valence-electron chi connectivity index (χ0n) is 14.0. The van der Waals surface area contributed by atoms with Crippen molar-refractivity contribution in [3.05, 3.63) is 35.9 Å². The summed E-state index contributed by atoms with van der Waals surface area (Å²) >= 11 is 0. The van der Waals surface area contributed by atoms with Crippen molar-refractivity contribution in [3.63, 3.8) is 0 Å². The predicted octanol–water partition coefficient (Wildman–Crippen LogP) is 1.11. The van der Waals surface area contributed by atoms with Crippen LogP contribution in [-0.4, -0.2) is 53.2 Å². The molecule has 8 nitrogen and oxygen atoms in total. The lowest BCUT2D eigenvalue weighted by Gasteiger charge is -2.25. The molecule has 1 aliphatic rings. The topological polar surface area (TPSA) is 93.4 Å². The number of carbonyl (C=O) groups is 1. The fourth-order valence-electron chi connectivity index (χ4n) is 3.01. The minimum Gasteiger partial charge on any atom is -0.445 e. The third-order valence-corrected chi connectivity index (χ3v) is 4.19. The summed E-state index contributed by atoms with van der Waals surface area (Å²) in [6.45, 7) is 4.67. The van der Waals surface area contributed by atoms with Gasteiger partial charge in [-0.15, -0.1) is 0 Å². The number of aromatic nitrogens is 3. The molecule has 3 rings (SSSR count). The Bertz CT molecular complexity index is 703. The second-order valence-electron chi connectivity index (χ2n) is 5.81. The number of hydrogen-bond donors (Lipinski definition) is 1. The summed E-state index contributed by atoms with van der Waals surface area (Å²) in [7, 11) is 1.70. The number of amides is 1. The fraction of sp³-hybridized carbons (Fsp3) is 0.500. The molecule has 128 valence electrons. The highest BCUT2D eigenvalue weighted by atomic mass is 16.5. The monoisotopic (exact) mass is 331 g/mol. The van der Waals surface area contributed by atoms with Gasteiger partial charge in [-0.05, 0) is 19.4 Å². The van der Waals surface area contributed by atoms with Crippen LogP contribution in [0.15, 0.2) is 23.0 Å². The van der Waals surface area contributed by atoms with Gasteiger partial charge in [0.2, 0.25) is 0 Å². The van der Waals surface area contributed by atoms with Crippen LogP contribution in [0.5, 0.6) is 0 Å². The highest BCUT2D eigenvalue weighted by Gasteiger charge is 2.33. The number of nitrogens with one attached hydrogen (secondary N) is 1. The van der Waals surface area contributed by atoms with Crippen LogP contribution in [0.25, 0.3) is 0 Å². The molecule has 8 heteroatoms. The SMILES string of the molecule is CO[C@@H]1C[C@H](CNC(=O)c2nc(C)oc2C)N(c2ccncn2)C1. The molecule has 0 radical (unpaired) electrons. The average Bonchev–Trinajstić information content (AvgIpc) is 3.16. The first-order valence-electron chi connectivity index (χ1n) is 7.86. The first-order valence-corrected chi connectivity index (χ1v) is 7.86. The van der Waals surface area contributed by atoms with Crippen molar-refractivity contribution in [3.8, 4) is 0 Å². The van der Waals surface area contributed by atoms with Crippen molar-refractivity contribution in [2.75, 3.05) is 25.1 Å². The quantitative estimate of drug-likeness (QED) is 0.877. The van der Waals surface area contributed by atoms with E-state index in [1.165, 1.54) is 6.33 Å². The molecule has 0 aliphatic carbocycles. The van der Waals surface area contributed by atoms with Gasteiger partial charge in [0.15, 0.2) is 11.6 Å². The van der Waals surface area contributed by atoms with E-state index in [1.807, 2.05) is 6.07 Å². The molecule has 0 spiro atoms. The number of hydrogen-bond acceptors (Lipinski definition) is 7. The Balaban J connectivity index is 1.68. The van der Waals surface area contributed by atoms with E-state index in [4.69, 9.17) is 9.15 Å². The third-order valence-electron chi connectivity index (χ3n) is 4.19. The minimum atomic E-state index is -0.229. The Kier molecular flexibility index (Phi) is 4.75. The molecule has 0 saturated carbocycles. The number of rotatable bonds is 5. The molecule has 0 bridgehead atoms. The van der Waals surface area contributed by atoms with Crippen molar-refractivity contribution >= 4 is 11.7 Å². The van der Waals surface area contributed by atoms with Gasteiger partial charge >= 0.3 is 0 Å². The average molecular weight is 331 g/mol. The van der Waals surface area contributed by atoms with Crippen molar-refractivity contribution in [2.24, 2.45) is 0 Å². The van der Waals surface area contributed by atoms with E-state index in [9.17, 15) is 4.79 Å². The van der Waals surface area contributed by atoms with Crippen LogP contribution in [0.4, 0.5) is 5.82 Å². The Morgan fingerprint density at radius 3 is 2.96 bits per heavy atom. The van der Waals surface area contributed by atoms with Crippen molar-refractivity contribution in [1.29, 1.82) is 0 Å². The van der Waals surface area contributed by atoms with E-state index in [0.717, 1.165) is 18.8 Å². The molecule has 1 aliphatic heterocycles. The molecular formula is C16H21N5O3. The molecule has 2 aromatic rings. The standard InChI is InChI=1S/C16H21N5O3/c1-10-15(20-11(2)24-10)16(22)18-7-12-6-13(23-3)8-21(12)14-4-5-17-9-19-14/h4-5,9,12-13H,6-8H2,1-3H3,(H,18,22)/t12-,13-/m1/s1. The molecule has 1 amide bonds. The van der Waals surface area contributed by atoms with Gasteiger partial charge in [-0.1, -0.05) is 0 Å². The lowest BCUT2D eigenvalue weighted by atomic mass is 10.2. The van der Waals surface area contributed by atoms with Gasteiger partial charge in [0.25, 0.3) is 5.91 Å².